The van der Waals surface area contributed by atoms with E-state index >= 15 is 0 Å². The molecule has 31 heavy (non-hydrogen) atoms. The van der Waals surface area contributed by atoms with Crippen LogP contribution in [0.2, 0.25) is 0 Å². The molecule has 0 saturated heterocycles. The maximum atomic E-state index is 11.3. The molecule has 0 amide bonds. The van der Waals surface area contributed by atoms with Gasteiger partial charge in [0.05, 0.1) is 53.8 Å². The van der Waals surface area contributed by atoms with Crippen LogP contribution in [0.5, 0.6) is 0 Å². The molecule has 0 spiro atoms. The lowest BCUT2D eigenvalue weighted by Crippen LogP contribution is -2.07. The first kappa shape index (κ1) is 21.9. The summed E-state index contributed by atoms with van der Waals surface area (Å²) in [7, 11) is 0. The van der Waals surface area contributed by atoms with Gasteiger partial charge in [0.1, 0.15) is 0 Å². The molecule has 2 aromatic carbocycles. The van der Waals surface area contributed by atoms with Gasteiger partial charge in [0.2, 0.25) is 0 Å². The van der Waals surface area contributed by atoms with Gasteiger partial charge in [0, 0.05) is 0 Å². The molecule has 0 aromatic heterocycles. The van der Waals surface area contributed by atoms with Crippen molar-refractivity contribution in [1.29, 1.82) is 0 Å². The van der Waals surface area contributed by atoms with Crippen molar-refractivity contribution in [1.82, 2.24) is 0 Å². The third kappa shape index (κ3) is 4.23. The van der Waals surface area contributed by atoms with Gasteiger partial charge in [-0.1, -0.05) is 0 Å². The van der Waals surface area contributed by atoms with Crippen LogP contribution < -0.4 is 5.32 Å². The number of anilines is 2. The Morgan fingerprint density at radius 1 is 0.452 bits per heavy atom. The minimum atomic E-state index is -1.30. The van der Waals surface area contributed by atoms with Crippen LogP contribution in [0.25, 0.3) is 0 Å². The van der Waals surface area contributed by atoms with Gasteiger partial charge in [0.25, 0.3) is 11.4 Å². The molecule has 160 valence electrons. The zero-order valence-electron chi connectivity index (χ0n) is 14.4. The smallest absolute Gasteiger partial charge is 0.306 e. The zero-order valence-corrected chi connectivity index (χ0v) is 14.4. The van der Waals surface area contributed by atoms with Crippen molar-refractivity contribution in [2.24, 2.45) is 0 Å². The van der Waals surface area contributed by atoms with Gasteiger partial charge in [-0.2, -0.15) is 0 Å². The minimum Gasteiger partial charge on any atom is -0.333 e. The van der Waals surface area contributed by atoms with Crippen LogP contribution in [0.1, 0.15) is 0 Å². The van der Waals surface area contributed by atoms with Gasteiger partial charge in [-0.05, 0) is 0 Å². The van der Waals surface area contributed by atoms with E-state index in [1.54, 1.807) is 0 Å². The second-order valence-electron chi connectivity index (χ2n) is 5.39. The molecule has 2 rings (SSSR count). The van der Waals surface area contributed by atoms with Crippen LogP contribution in [0.3, 0.4) is 0 Å². The first-order valence-electron chi connectivity index (χ1n) is 7.34. The van der Waals surface area contributed by atoms with E-state index in [9.17, 15) is 60.7 Å². The number of nitrogens with one attached hydrogen (secondary N) is 1. The number of nitro groups is 6. The fourth-order valence-electron chi connectivity index (χ4n) is 2.36. The topological polar surface area (TPSA) is 271 Å². The number of benzene rings is 2. The predicted octanol–water partition coefficient (Wildman–Crippen LogP) is 2.88. The Kier molecular flexibility index (Phi) is 5.62. The van der Waals surface area contributed by atoms with E-state index < -0.39 is 75.0 Å². The molecule has 19 nitrogen and oxygen atoms in total. The second-order valence-corrected chi connectivity index (χ2v) is 5.39. The van der Waals surface area contributed by atoms with Crippen molar-refractivity contribution in [3.63, 3.8) is 0 Å². The van der Waals surface area contributed by atoms with E-state index in [0.717, 1.165) is 0 Å². The molecule has 0 saturated carbocycles. The van der Waals surface area contributed by atoms with Crippen molar-refractivity contribution in [3.8, 4) is 0 Å². The molecule has 0 bridgehead atoms. The van der Waals surface area contributed by atoms with E-state index in [4.69, 9.17) is 0 Å². The van der Waals surface area contributed by atoms with Crippen LogP contribution in [-0.2, 0) is 0 Å². The van der Waals surface area contributed by atoms with Crippen molar-refractivity contribution in [2.75, 3.05) is 5.32 Å². The minimum absolute atomic E-state index is 0.290. The summed E-state index contributed by atoms with van der Waals surface area (Å²) in [5.74, 6) is 0. The van der Waals surface area contributed by atoms with Crippen molar-refractivity contribution < 1.29 is 29.5 Å². The lowest BCUT2D eigenvalue weighted by atomic mass is 10.1. The summed E-state index contributed by atoms with van der Waals surface area (Å²) in [5, 5.41) is 68.9. The fourth-order valence-corrected chi connectivity index (χ4v) is 2.36. The summed E-state index contributed by atoms with van der Waals surface area (Å²) in [6, 6.07) is 1.16. The first-order valence-corrected chi connectivity index (χ1v) is 7.34. The maximum absolute atomic E-state index is 11.3. The van der Waals surface area contributed by atoms with Crippen LogP contribution >= 0.6 is 0 Å². The molecule has 1 N–H and O–H groups in total. The largest absolute Gasteiger partial charge is 0.333 e. The van der Waals surface area contributed by atoms with Crippen molar-refractivity contribution in [3.05, 3.63) is 85.0 Å². The molecule has 19 heteroatoms. The molecule has 0 fully saturated rings. The summed E-state index contributed by atoms with van der Waals surface area (Å²) in [6.45, 7) is 0. The molecule has 0 aliphatic heterocycles. The Morgan fingerprint density at radius 3 is 0.839 bits per heavy atom. The standard InChI is InChI=1S/C12H5N7O12/c20-14(21)5-1-7(16(24)25)11(8(2-5)17(26)27)13-12-9(18(28)29)3-6(15(22)23)4-10(12)19(30)31/h1-4,13H. The predicted molar refractivity (Wildman–Crippen MR) is 96.1 cm³/mol. The summed E-state index contributed by atoms with van der Waals surface area (Å²) < 4.78 is 0. The van der Waals surface area contributed by atoms with Crippen LogP contribution in [0, 0.1) is 60.7 Å². The number of rotatable bonds is 8. The molecule has 0 aliphatic rings. The van der Waals surface area contributed by atoms with Crippen LogP contribution in [0.4, 0.5) is 45.5 Å². The van der Waals surface area contributed by atoms with Gasteiger partial charge >= 0.3 is 22.7 Å². The Labute approximate surface area is 166 Å². The molecule has 2 aromatic rings. The third-order valence-electron chi connectivity index (χ3n) is 3.62. The van der Waals surface area contributed by atoms with Crippen LogP contribution in [0.15, 0.2) is 24.3 Å². The average Bonchev–Trinajstić information content (AvgIpc) is 2.66. The van der Waals surface area contributed by atoms with Gasteiger partial charge in [-0.15, -0.1) is 0 Å². The quantitative estimate of drug-likeness (QED) is 0.458. The molecule has 0 radical (unpaired) electrons. The Morgan fingerprint density at radius 2 is 0.677 bits per heavy atom. The molecular formula is C12H5N7O12. The number of hydrogen-bond acceptors (Lipinski definition) is 13. The molecular weight excluding hydrogens is 434 g/mol. The SMILES string of the molecule is O=[N+]([O-])c1cc([N+](=O)[O-])c(Nc2c([N+](=O)[O-])cc([N+](=O)[O-])cc2[N+](=O)[O-])c([N+](=O)[O-])c1. The summed E-state index contributed by atoms with van der Waals surface area (Å²) in [5.41, 5.74) is -9.66. The average molecular weight is 439 g/mol. The normalized spacial score (nSPS) is 10.2. The molecule has 0 unspecified atom stereocenters. The number of hydrogen-bond donors (Lipinski definition) is 1. The van der Waals surface area contributed by atoms with Gasteiger partial charge in [-0.3, -0.25) is 60.7 Å². The van der Waals surface area contributed by atoms with Gasteiger partial charge < -0.3 is 5.32 Å². The summed E-state index contributed by atoms with van der Waals surface area (Å²) in [6.07, 6.45) is 0. The van der Waals surface area contributed by atoms with E-state index in [1.165, 1.54) is 0 Å². The lowest BCUT2D eigenvalue weighted by Gasteiger charge is -2.09. The highest BCUT2D eigenvalue weighted by molar-refractivity contribution is 5.88. The second kappa shape index (κ2) is 7.94. The molecule has 0 aliphatic carbocycles. The van der Waals surface area contributed by atoms with E-state index in [2.05, 4.69) is 0 Å². The van der Waals surface area contributed by atoms with E-state index in [1.807, 2.05) is 5.32 Å². The summed E-state index contributed by atoms with van der Waals surface area (Å²) >= 11 is 0. The molecule has 0 atom stereocenters. The Bertz CT molecular complexity index is 1030. The van der Waals surface area contributed by atoms with Gasteiger partial charge in [-0.25, -0.2) is 0 Å². The van der Waals surface area contributed by atoms with E-state index in [-0.39, 0.29) is 0 Å². The highest BCUT2D eigenvalue weighted by Gasteiger charge is 2.36. The van der Waals surface area contributed by atoms with Crippen molar-refractivity contribution >= 4 is 45.5 Å². The highest BCUT2D eigenvalue weighted by Crippen LogP contribution is 2.45. The first-order chi connectivity index (χ1) is 14.3. The third-order valence-corrected chi connectivity index (χ3v) is 3.62. The highest BCUT2D eigenvalue weighted by atomic mass is 16.6. The molecule has 0 heterocycles. The fraction of sp³-hybridized carbons (Fsp3) is 0. The number of non-ortho nitro benzene ring substituents is 2. The monoisotopic (exact) mass is 439 g/mol. The maximum Gasteiger partial charge on any atom is 0.306 e. The zero-order chi connectivity index (χ0) is 23.6. The Balaban J connectivity index is 2.93. The lowest BCUT2D eigenvalue weighted by molar-refractivity contribution is -0.402. The Hall–Kier alpha value is -5.36. The van der Waals surface area contributed by atoms with Gasteiger partial charge in [0.15, 0.2) is 11.4 Å². The van der Waals surface area contributed by atoms with E-state index in [0.29, 0.717) is 24.3 Å². The van der Waals surface area contributed by atoms with Crippen molar-refractivity contribution in [2.45, 2.75) is 0 Å². The number of nitrogens with zero attached hydrogens (tertiary/aromatic N) is 6. The number of nitro benzene ring substituents is 6. The summed E-state index contributed by atoms with van der Waals surface area (Å²) in [4.78, 5) is 59.5. The van der Waals surface area contributed by atoms with Crippen LogP contribution in [-0.4, -0.2) is 29.5 Å².